The lowest BCUT2D eigenvalue weighted by Gasteiger charge is -2.62. The van der Waals surface area contributed by atoms with Crippen LogP contribution in [0.3, 0.4) is 0 Å². The van der Waals surface area contributed by atoms with Crippen LogP contribution in [0.2, 0.25) is 0 Å². The summed E-state index contributed by atoms with van der Waals surface area (Å²) in [6.45, 7) is 9.31. The number of nitro groups is 1. The summed E-state index contributed by atoms with van der Waals surface area (Å²) in [6.07, 6.45) is -9.75. The number of hydrogen-bond acceptors (Lipinski definition) is 16. The van der Waals surface area contributed by atoms with Crippen molar-refractivity contribution in [2.24, 2.45) is 16.7 Å². The minimum Gasteiger partial charge on any atom is -0.456 e. The largest absolute Gasteiger partial charge is 0.456 e. The summed E-state index contributed by atoms with van der Waals surface area (Å²) in [6, 6.07) is 18.7. The van der Waals surface area contributed by atoms with Gasteiger partial charge >= 0.3 is 23.9 Å². The molecule has 65 heavy (non-hydrogen) atoms. The second-order valence-corrected chi connectivity index (χ2v) is 18.0. The Labute approximate surface area is 373 Å². The number of benzene rings is 3. The maximum absolute atomic E-state index is 15.7. The van der Waals surface area contributed by atoms with E-state index in [1.807, 2.05) is 0 Å². The highest BCUT2D eigenvalue weighted by atomic mass is 16.7. The number of carbonyl (C=O) groups is 6. The van der Waals surface area contributed by atoms with Crippen molar-refractivity contribution in [1.82, 2.24) is 5.32 Å². The number of amides is 1. The van der Waals surface area contributed by atoms with Gasteiger partial charge in [0.25, 0.3) is 17.4 Å². The second kappa shape index (κ2) is 16.6. The fourth-order valence-electron chi connectivity index (χ4n) is 10.6. The highest BCUT2D eigenvalue weighted by molar-refractivity contribution is 5.99. The Kier molecular flexibility index (Phi) is 11.9. The van der Waals surface area contributed by atoms with E-state index in [1.165, 1.54) is 71.0 Å². The minimum atomic E-state index is -2.79. The summed E-state index contributed by atoms with van der Waals surface area (Å²) < 4.78 is 31.2. The van der Waals surface area contributed by atoms with E-state index < -0.39 is 117 Å². The molecule has 5 aliphatic rings. The van der Waals surface area contributed by atoms with Gasteiger partial charge in [0.15, 0.2) is 6.10 Å². The molecule has 11 atom stereocenters. The molecule has 2 heterocycles. The average Bonchev–Trinajstić information content (AvgIpc) is 3.35. The molecule has 0 aromatic heterocycles. The third kappa shape index (κ3) is 7.47. The molecule has 1 amide bonds. The minimum absolute atomic E-state index is 0.0150. The van der Waals surface area contributed by atoms with E-state index in [-0.39, 0.29) is 39.9 Å². The first-order valence-corrected chi connectivity index (χ1v) is 20.9. The van der Waals surface area contributed by atoms with Crippen molar-refractivity contribution < 1.29 is 72.7 Å². The summed E-state index contributed by atoms with van der Waals surface area (Å²) in [5.41, 5.74) is -8.71. The van der Waals surface area contributed by atoms with Gasteiger partial charge < -0.3 is 44.3 Å². The third-order valence-corrected chi connectivity index (χ3v) is 13.8. The van der Waals surface area contributed by atoms with Crippen molar-refractivity contribution in [2.75, 3.05) is 0 Å². The number of esters is 4. The monoisotopic (exact) mass is 898 g/mol. The lowest BCUT2D eigenvalue weighted by Crippen LogP contribution is -2.76. The number of non-ortho nitro benzene ring substituents is 1. The van der Waals surface area contributed by atoms with Crippen molar-refractivity contribution in [2.45, 2.75) is 115 Å². The Bertz CT molecular complexity index is 2480. The Hall–Kier alpha value is -6.34. The molecule has 18 heteroatoms. The molecule has 0 spiro atoms. The second-order valence-electron chi connectivity index (χ2n) is 18.0. The number of aliphatic hydroxyl groups is 3. The van der Waals surface area contributed by atoms with Crippen LogP contribution in [-0.2, 0) is 42.9 Å². The number of nitro benzene ring substituents is 1. The van der Waals surface area contributed by atoms with Crippen LogP contribution in [0, 0.1) is 26.9 Å². The van der Waals surface area contributed by atoms with Gasteiger partial charge in [-0.25, -0.2) is 9.59 Å². The van der Waals surface area contributed by atoms with E-state index in [9.17, 15) is 49.4 Å². The Morgan fingerprint density at radius 1 is 0.862 bits per heavy atom. The van der Waals surface area contributed by atoms with Crippen LogP contribution < -0.4 is 5.32 Å². The molecule has 4 N–H and O–H groups in total. The van der Waals surface area contributed by atoms with Crippen molar-refractivity contribution in [1.29, 1.82) is 0 Å². The number of fused-ring (bicyclic) bond motifs is 3. The van der Waals surface area contributed by atoms with E-state index >= 15 is 4.79 Å². The molecule has 3 aromatic carbocycles. The molecule has 3 aliphatic carbocycles. The lowest BCUT2D eigenvalue weighted by molar-refractivity contribution is -0.384. The molecule has 6 bridgehead atoms. The van der Waals surface area contributed by atoms with Gasteiger partial charge in [-0.2, -0.15) is 0 Å². The molecule has 2 saturated carbocycles. The van der Waals surface area contributed by atoms with Gasteiger partial charge in [0.2, 0.25) is 5.78 Å². The number of nitrogens with one attached hydrogen (secondary N) is 1. The van der Waals surface area contributed by atoms with Gasteiger partial charge in [-0.15, -0.1) is 0 Å². The molecule has 18 nitrogen and oxygen atoms in total. The first-order valence-electron chi connectivity index (χ1n) is 20.9. The number of Topliss-reactive ketones (excluding diaryl/α,β-unsaturated/α-hetero) is 1. The van der Waals surface area contributed by atoms with Crippen molar-refractivity contribution in [3.05, 3.63) is 123 Å². The number of hydrogen-bond donors (Lipinski definition) is 4. The van der Waals surface area contributed by atoms with E-state index in [4.69, 9.17) is 23.7 Å². The van der Waals surface area contributed by atoms with Gasteiger partial charge in [0.1, 0.15) is 29.5 Å². The molecule has 2 aliphatic heterocycles. The van der Waals surface area contributed by atoms with Gasteiger partial charge in [0, 0.05) is 55.4 Å². The predicted molar refractivity (Wildman–Crippen MR) is 224 cm³/mol. The van der Waals surface area contributed by atoms with Gasteiger partial charge in [-0.1, -0.05) is 62.4 Å². The van der Waals surface area contributed by atoms with E-state index in [1.54, 1.807) is 36.4 Å². The first-order chi connectivity index (χ1) is 30.4. The highest BCUT2D eigenvalue weighted by Crippen LogP contribution is 2.67. The Morgan fingerprint density at radius 2 is 1.45 bits per heavy atom. The molecular weight excluding hydrogens is 849 g/mol. The average molecular weight is 899 g/mol. The Balaban J connectivity index is 1.39. The van der Waals surface area contributed by atoms with Gasteiger partial charge in [-0.3, -0.25) is 29.3 Å². The topological polar surface area (TPSA) is 264 Å². The summed E-state index contributed by atoms with van der Waals surface area (Å²) in [4.78, 5) is 94.9. The van der Waals surface area contributed by atoms with Crippen molar-refractivity contribution in [3.8, 4) is 0 Å². The molecule has 0 radical (unpaired) electrons. The van der Waals surface area contributed by atoms with Crippen molar-refractivity contribution >= 4 is 41.3 Å². The number of ketones is 1. The maximum atomic E-state index is 15.7. The lowest BCUT2D eigenvalue weighted by atomic mass is 9.46. The molecule has 0 unspecified atom stereocenters. The SMILES string of the molecule is CC(=O)O[C@@]12O[C@@H]3C[C@H](O)[C@@](C)(C1=O)[C@H]([C@H](OC(=O)c1ccccc1)[C@]1(O)C[C@H](OC(=O)[C@H](O)[C@@H](NC(=O)c4ccc([N+](=O)[O-])cc4)c4ccccc4)C(C)=C2C1(C)C)[C@@]3(C)OC(C)=O. The quantitative estimate of drug-likeness (QED) is 0.0697. The summed E-state index contributed by atoms with van der Waals surface area (Å²) in [7, 11) is 0. The van der Waals surface area contributed by atoms with Crippen LogP contribution in [0.4, 0.5) is 5.69 Å². The first kappa shape index (κ1) is 46.6. The smallest absolute Gasteiger partial charge is 0.338 e. The summed E-state index contributed by atoms with van der Waals surface area (Å²) >= 11 is 0. The maximum Gasteiger partial charge on any atom is 0.338 e. The fraction of sp³-hybridized carbons (Fsp3) is 0.447. The van der Waals surface area contributed by atoms with Crippen LogP contribution >= 0.6 is 0 Å². The van der Waals surface area contributed by atoms with Crippen LogP contribution in [0.15, 0.2) is 96.1 Å². The summed E-state index contributed by atoms with van der Waals surface area (Å²) in [5.74, 6) is -10.5. The van der Waals surface area contributed by atoms with Gasteiger partial charge in [0.05, 0.1) is 34.0 Å². The van der Waals surface area contributed by atoms with Crippen molar-refractivity contribution in [3.63, 3.8) is 0 Å². The standard InChI is InChI=1S/C47H50N2O16/c1-24-31(61-41(56)35(53)34(27-14-10-8-11-15-27)48-39(54)28-18-20-30(21-19-28)49(59)60)23-46(58)38(62-40(55)29-16-12-9-13-17-29)37-44(6)32(52)22-33(45(37,7)63-25(2)50)65-47(42(44)57,64-26(3)51)36(24)43(46,4)5/h8-21,31-35,37-38,52-53,58H,22-23H2,1-7H3,(H,48,54)/t31-,32-,33+,34-,35+,37-,38-,44+,45-,46+,47-/m0/s1. The number of rotatable bonds is 11. The molecule has 344 valence electrons. The van der Waals surface area contributed by atoms with Crippen LogP contribution in [0.5, 0.6) is 0 Å². The molecular formula is C47H50N2O16. The fourth-order valence-corrected chi connectivity index (χ4v) is 10.6. The highest BCUT2D eigenvalue weighted by Gasteiger charge is 2.82. The summed E-state index contributed by atoms with van der Waals surface area (Å²) in [5, 5.41) is 51.4. The van der Waals surface area contributed by atoms with E-state index in [0.717, 1.165) is 26.0 Å². The normalized spacial score (nSPS) is 31.8. The molecule has 8 rings (SSSR count). The zero-order valence-corrected chi connectivity index (χ0v) is 36.6. The zero-order chi connectivity index (χ0) is 47.6. The number of aliphatic hydroxyl groups excluding tert-OH is 2. The number of carbonyl (C=O) groups excluding carboxylic acids is 6. The van der Waals surface area contributed by atoms with E-state index in [2.05, 4.69) is 5.32 Å². The Morgan fingerprint density at radius 3 is 2.02 bits per heavy atom. The van der Waals surface area contributed by atoms with Gasteiger partial charge in [-0.05, 0) is 56.2 Å². The van der Waals surface area contributed by atoms with Crippen LogP contribution in [0.25, 0.3) is 0 Å². The molecule has 3 aromatic rings. The van der Waals surface area contributed by atoms with Crippen LogP contribution in [-0.4, -0.2) is 103 Å². The molecule has 4 fully saturated rings. The zero-order valence-electron chi connectivity index (χ0n) is 36.6. The van der Waals surface area contributed by atoms with E-state index in [0.29, 0.717) is 0 Å². The number of nitrogens with zero attached hydrogens (tertiary/aromatic N) is 1. The molecule has 2 saturated heterocycles. The number of ether oxygens (including phenoxy) is 5. The van der Waals surface area contributed by atoms with Crippen LogP contribution in [0.1, 0.15) is 93.6 Å². The third-order valence-electron chi connectivity index (χ3n) is 13.8. The predicted octanol–water partition coefficient (Wildman–Crippen LogP) is 3.99.